The Balaban J connectivity index is -0.0000000267. The van der Waals surface area contributed by atoms with Crippen LogP contribution in [0.3, 0.4) is 0 Å². The van der Waals surface area contributed by atoms with Gasteiger partial charge < -0.3 is 25.6 Å². The molecule has 0 aromatic heterocycles. The van der Waals surface area contributed by atoms with E-state index in [0.717, 1.165) is 0 Å². The zero-order chi connectivity index (χ0) is 4.50. The summed E-state index contributed by atoms with van der Waals surface area (Å²) in [5.74, 6) is 0. The van der Waals surface area contributed by atoms with Gasteiger partial charge in [0.1, 0.15) is 0 Å². The molecule has 6 nitrogen and oxygen atoms in total. The summed E-state index contributed by atoms with van der Waals surface area (Å²) in [5, 5.41) is 0. The predicted octanol–water partition coefficient (Wildman–Crippen LogP) is -2.58. The van der Waals surface area contributed by atoms with Crippen molar-refractivity contribution >= 4 is 7.82 Å². The van der Waals surface area contributed by atoms with Crippen molar-refractivity contribution in [2.75, 3.05) is 0 Å². The van der Waals surface area contributed by atoms with Gasteiger partial charge in [-0.2, -0.15) is 0 Å². The molecule has 1 radical (unpaired) electrons. The van der Waals surface area contributed by atoms with Crippen LogP contribution >= 0.6 is 7.82 Å². The number of hydrogen-bond acceptors (Lipinski definition) is 1. The molecule has 59 valence electrons. The van der Waals surface area contributed by atoms with E-state index < -0.39 is 7.82 Å². The molecule has 0 saturated heterocycles. The van der Waals surface area contributed by atoms with Crippen LogP contribution in [-0.4, -0.2) is 25.6 Å². The minimum atomic E-state index is -4.64. The number of hydrogen-bond donors (Lipinski definition) is 3. The van der Waals surface area contributed by atoms with Crippen LogP contribution in [0.15, 0.2) is 0 Å². The zero-order valence-electron chi connectivity index (χ0n) is 3.50. The van der Waals surface area contributed by atoms with E-state index in [4.69, 9.17) is 19.2 Å². The first-order valence-electron chi connectivity index (χ1n) is 0.783. The van der Waals surface area contributed by atoms with Crippen molar-refractivity contribution in [1.82, 2.24) is 0 Å². The molecule has 7 N–H and O–H groups in total. The van der Waals surface area contributed by atoms with Crippen LogP contribution in [0.5, 0.6) is 0 Å². The van der Waals surface area contributed by atoms with Gasteiger partial charge in [0, 0.05) is 17.1 Å². The normalized spacial score (nSPS) is 7.38. The summed E-state index contributed by atoms with van der Waals surface area (Å²) in [7, 11) is -4.64. The molecule has 0 rings (SSSR count). The zero-order valence-corrected chi connectivity index (χ0v) is 5.33. The van der Waals surface area contributed by atoms with E-state index in [1.54, 1.807) is 0 Å². The molecule has 8 heavy (non-hydrogen) atoms. The smallest absolute Gasteiger partial charge is 0.412 e. The molecule has 0 heterocycles. The van der Waals surface area contributed by atoms with Gasteiger partial charge in [0.05, 0.1) is 0 Å². The molecule has 0 saturated carbocycles. The SMILES string of the molecule is O.O.O=P(O)(O)O.[Cu]. The standard InChI is InChI=1S/Cu.H3O4P.2H2O/c;1-5(2,3)4;;/h;(H3,1,2,3,4);2*1H2. The largest absolute Gasteiger partial charge is 0.466 e. The van der Waals surface area contributed by atoms with Gasteiger partial charge in [-0.05, 0) is 0 Å². The molecule has 0 bridgehead atoms. The molecule has 0 aromatic rings. The van der Waals surface area contributed by atoms with Crippen LogP contribution in [0.1, 0.15) is 0 Å². The first-order chi connectivity index (χ1) is 2.00. The van der Waals surface area contributed by atoms with Crippen molar-refractivity contribution in [3.05, 3.63) is 0 Å². The van der Waals surface area contributed by atoms with Gasteiger partial charge in [-0.1, -0.05) is 0 Å². The second kappa shape index (κ2) is 7.55. The summed E-state index contributed by atoms with van der Waals surface area (Å²) < 4.78 is 8.88. The van der Waals surface area contributed by atoms with Gasteiger partial charge in [0.2, 0.25) is 0 Å². The Morgan fingerprint density at radius 2 is 1.00 bits per heavy atom. The Morgan fingerprint density at radius 1 is 1.00 bits per heavy atom. The van der Waals surface area contributed by atoms with Crippen LogP contribution in [0.4, 0.5) is 0 Å². The van der Waals surface area contributed by atoms with Crippen LogP contribution in [0, 0.1) is 0 Å². The number of phosphoric acid groups is 1. The fraction of sp³-hybridized carbons (Fsp3) is 0. The molecule has 0 aromatic carbocycles. The van der Waals surface area contributed by atoms with Gasteiger partial charge in [-0.15, -0.1) is 0 Å². The molecule has 0 spiro atoms. The molecule has 0 unspecified atom stereocenters. The first-order valence-corrected chi connectivity index (χ1v) is 2.35. The van der Waals surface area contributed by atoms with Crippen molar-refractivity contribution in [3.8, 4) is 0 Å². The minimum absolute atomic E-state index is 0. The molecule has 0 aliphatic rings. The second-order valence-electron chi connectivity index (χ2n) is 0.513. The van der Waals surface area contributed by atoms with Crippen molar-refractivity contribution in [2.24, 2.45) is 0 Å². The minimum Gasteiger partial charge on any atom is -0.412 e. The predicted molar refractivity (Wildman–Crippen MR) is 21.5 cm³/mol. The van der Waals surface area contributed by atoms with Crippen LogP contribution in [0.25, 0.3) is 0 Å². The third-order valence-corrected chi connectivity index (χ3v) is 0. The topological polar surface area (TPSA) is 141 Å². The van der Waals surface area contributed by atoms with E-state index in [2.05, 4.69) is 0 Å². The molecular weight excluding hydrogens is 191 g/mol. The van der Waals surface area contributed by atoms with Crippen LogP contribution < -0.4 is 0 Å². The van der Waals surface area contributed by atoms with Crippen LogP contribution in [-0.2, 0) is 21.6 Å². The fourth-order valence-corrected chi connectivity index (χ4v) is 0. The van der Waals surface area contributed by atoms with E-state index in [1.165, 1.54) is 0 Å². The molecule has 0 amide bonds. The van der Waals surface area contributed by atoms with Gasteiger partial charge in [-0.25, -0.2) is 4.57 Å². The summed E-state index contributed by atoms with van der Waals surface area (Å²) in [6, 6.07) is 0. The summed E-state index contributed by atoms with van der Waals surface area (Å²) in [6.45, 7) is 0. The van der Waals surface area contributed by atoms with Crippen molar-refractivity contribution in [1.29, 1.82) is 0 Å². The Morgan fingerprint density at radius 3 is 1.00 bits per heavy atom. The molecule has 0 atom stereocenters. The third kappa shape index (κ3) is 668. The Kier molecular flexibility index (Phi) is 22.2. The van der Waals surface area contributed by atoms with Gasteiger partial charge >= 0.3 is 7.82 Å². The van der Waals surface area contributed by atoms with Crippen molar-refractivity contribution in [2.45, 2.75) is 0 Å². The molecule has 0 aliphatic carbocycles. The van der Waals surface area contributed by atoms with E-state index in [0.29, 0.717) is 0 Å². The van der Waals surface area contributed by atoms with Gasteiger partial charge in [0.25, 0.3) is 0 Å². The van der Waals surface area contributed by atoms with Gasteiger partial charge in [-0.3, -0.25) is 0 Å². The monoisotopic (exact) mass is 197 g/mol. The van der Waals surface area contributed by atoms with Crippen molar-refractivity contribution in [3.63, 3.8) is 0 Å². The summed E-state index contributed by atoms with van der Waals surface area (Å²) >= 11 is 0. The number of rotatable bonds is 0. The van der Waals surface area contributed by atoms with Crippen LogP contribution in [0.2, 0.25) is 0 Å². The molecular formula is H7CuO6P. The average molecular weight is 198 g/mol. The Hall–Kier alpha value is 0.549. The Bertz CT molecular complexity index is 54.7. The van der Waals surface area contributed by atoms with E-state index in [9.17, 15) is 0 Å². The maximum absolute atomic E-state index is 8.88. The molecule has 8 heteroatoms. The molecule has 0 fully saturated rings. The quantitative estimate of drug-likeness (QED) is 0.290. The fourth-order valence-electron chi connectivity index (χ4n) is 0. The van der Waals surface area contributed by atoms with E-state index >= 15 is 0 Å². The third-order valence-electron chi connectivity index (χ3n) is 0. The first kappa shape index (κ1) is 23.5. The molecule has 0 aliphatic heterocycles. The van der Waals surface area contributed by atoms with E-state index in [1.807, 2.05) is 0 Å². The van der Waals surface area contributed by atoms with Crippen molar-refractivity contribution < 1.29 is 47.3 Å². The maximum atomic E-state index is 8.88. The Labute approximate surface area is 55.9 Å². The van der Waals surface area contributed by atoms with Gasteiger partial charge in [0.15, 0.2) is 0 Å². The second-order valence-corrected chi connectivity index (χ2v) is 1.54. The summed E-state index contributed by atoms with van der Waals surface area (Å²) in [4.78, 5) is 21.6. The summed E-state index contributed by atoms with van der Waals surface area (Å²) in [5.41, 5.74) is 0. The average Bonchev–Trinajstić information content (AvgIpc) is 0.722. The van der Waals surface area contributed by atoms with E-state index in [-0.39, 0.29) is 28.0 Å². The summed E-state index contributed by atoms with van der Waals surface area (Å²) in [6.07, 6.45) is 0. The maximum Gasteiger partial charge on any atom is 0.466 e.